The number of benzene rings is 1. The molecule has 0 fully saturated rings. The van der Waals surface area contributed by atoms with Crippen LogP contribution in [0.1, 0.15) is 22.3 Å². The summed E-state index contributed by atoms with van der Waals surface area (Å²) in [4.78, 5) is 10.7. The smallest absolute Gasteiger partial charge is 0.335 e. The molecule has 1 unspecified atom stereocenters. The average Bonchev–Trinajstić information content (AvgIpc) is 2.38. The fourth-order valence-electron chi connectivity index (χ4n) is 1.79. The molecule has 1 aromatic rings. The molecule has 3 N–H and O–H groups in total. The van der Waals surface area contributed by atoms with Crippen molar-refractivity contribution >= 4 is 16.0 Å². The maximum Gasteiger partial charge on any atom is 0.335 e. The van der Waals surface area contributed by atoms with Crippen LogP contribution in [0.3, 0.4) is 0 Å². The highest BCUT2D eigenvalue weighted by Crippen LogP contribution is 2.09. The summed E-state index contributed by atoms with van der Waals surface area (Å²) in [5.41, 5.74) is 0.578. The Bertz CT molecular complexity index is 549. The van der Waals surface area contributed by atoms with E-state index < -0.39 is 22.0 Å². The Morgan fingerprint density at radius 2 is 1.95 bits per heavy atom. The van der Waals surface area contributed by atoms with E-state index in [1.807, 2.05) is 0 Å². The molecule has 0 aromatic heterocycles. The highest BCUT2D eigenvalue weighted by Gasteiger charge is 2.18. The van der Waals surface area contributed by atoms with E-state index in [0.29, 0.717) is 5.56 Å². The molecule has 1 aromatic carbocycles. The van der Waals surface area contributed by atoms with Crippen molar-refractivity contribution in [1.82, 2.24) is 4.72 Å². The van der Waals surface area contributed by atoms with Gasteiger partial charge in [0.15, 0.2) is 0 Å². The number of carboxylic acids is 1. The third-order valence-electron chi connectivity index (χ3n) is 2.75. The molecule has 0 saturated carbocycles. The lowest BCUT2D eigenvalue weighted by atomic mass is 10.1. The lowest BCUT2D eigenvalue weighted by Crippen LogP contribution is -2.39. The molecule has 0 bridgehead atoms. The van der Waals surface area contributed by atoms with Gasteiger partial charge in [-0.1, -0.05) is 12.1 Å². The molecule has 0 amide bonds. The van der Waals surface area contributed by atoms with Crippen LogP contribution >= 0.6 is 0 Å². The summed E-state index contributed by atoms with van der Waals surface area (Å²) in [6.45, 7) is 0.0155. The fraction of sp³-hybridized carbons (Fsp3) is 0.462. The Morgan fingerprint density at radius 3 is 2.43 bits per heavy atom. The zero-order valence-corrected chi connectivity index (χ0v) is 12.5. The monoisotopic (exact) mass is 317 g/mol. The van der Waals surface area contributed by atoms with Crippen molar-refractivity contribution in [3.8, 4) is 0 Å². The van der Waals surface area contributed by atoms with Gasteiger partial charge in [0.25, 0.3) is 0 Å². The van der Waals surface area contributed by atoms with Crippen LogP contribution in [0, 0.1) is 0 Å². The standard InChI is InChI=1S/C13H19NO6S/c1-20-8-12(6-7-15)14-21(18,19)9-10-2-4-11(5-3-10)13(16)17/h2-5,12,14-15H,6-9H2,1H3,(H,16,17). The first-order valence-corrected chi connectivity index (χ1v) is 7.95. The molecule has 21 heavy (non-hydrogen) atoms. The first-order valence-electron chi connectivity index (χ1n) is 6.30. The largest absolute Gasteiger partial charge is 0.478 e. The molecule has 0 aliphatic rings. The Labute approximate surface area is 123 Å². The van der Waals surface area contributed by atoms with E-state index in [4.69, 9.17) is 14.9 Å². The second-order valence-electron chi connectivity index (χ2n) is 4.54. The third kappa shape index (κ3) is 6.21. The normalized spacial score (nSPS) is 13.0. The zero-order valence-electron chi connectivity index (χ0n) is 11.7. The van der Waals surface area contributed by atoms with Crippen LogP contribution in [0.4, 0.5) is 0 Å². The minimum absolute atomic E-state index is 0.0987. The second kappa shape index (κ2) is 8.08. The summed E-state index contributed by atoms with van der Waals surface area (Å²) < 4.78 is 31.4. The molecule has 118 valence electrons. The first kappa shape index (κ1) is 17.6. The SMILES string of the molecule is COCC(CCO)NS(=O)(=O)Cc1ccc(C(=O)O)cc1. The number of aliphatic hydroxyl groups excluding tert-OH is 1. The summed E-state index contributed by atoms with van der Waals surface area (Å²) in [5, 5.41) is 17.7. The number of ether oxygens (including phenoxy) is 1. The lowest BCUT2D eigenvalue weighted by Gasteiger charge is -2.17. The van der Waals surface area contributed by atoms with E-state index >= 15 is 0 Å². The summed E-state index contributed by atoms with van der Waals surface area (Å²) in [6, 6.07) is 5.13. The minimum Gasteiger partial charge on any atom is -0.478 e. The molecule has 0 aliphatic heterocycles. The maximum atomic E-state index is 12.0. The average molecular weight is 317 g/mol. The van der Waals surface area contributed by atoms with Crippen LogP contribution < -0.4 is 4.72 Å². The molecule has 1 rings (SSSR count). The number of hydrogen-bond donors (Lipinski definition) is 3. The zero-order chi connectivity index (χ0) is 15.9. The van der Waals surface area contributed by atoms with Crippen molar-refractivity contribution in [1.29, 1.82) is 0 Å². The van der Waals surface area contributed by atoms with Gasteiger partial charge in [-0.3, -0.25) is 0 Å². The topological polar surface area (TPSA) is 113 Å². The summed E-state index contributed by atoms with van der Waals surface area (Å²) in [7, 11) is -2.15. The number of aromatic carboxylic acids is 1. The van der Waals surface area contributed by atoms with Gasteiger partial charge in [-0.15, -0.1) is 0 Å². The minimum atomic E-state index is -3.60. The molecule has 1 atom stereocenters. The van der Waals surface area contributed by atoms with Crippen molar-refractivity contribution in [2.45, 2.75) is 18.2 Å². The first-order chi connectivity index (χ1) is 9.88. The van der Waals surface area contributed by atoms with E-state index in [2.05, 4.69) is 4.72 Å². The van der Waals surface area contributed by atoms with Crippen LogP contribution in [0.25, 0.3) is 0 Å². The summed E-state index contributed by atoms with van der Waals surface area (Å²) in [5.74, 6) is -1.33. The highest BCUT2D eigenvalue weighted by molar-refractivity contribution is 7.88. The quantitative estimate of drug-likeness (QED) is 0.600. The Kier molecular flexibility index (Phi) is 6.76. The Morgan fingerprint density at radius 1 is 1.33 bits per heavy atom. The highest BCUT2D eigenvalue weighted by atomic mass is 32.2. The number of sulfonamides is 1. The number of rotatable bonds is 9. The Hall–Kier alpha value is -1.48. The van der Waals surface area contributed by atoms with Crippen molar-refractivity contribution < 1.29 is 28.2 Å². The van der Waals surface area contributed by atoms with E-state index in [1.54, 1.807) is 0 Å². The number of carboxylic acid groups (broad SMARTS) is 1. The fourth-order valence-corrected chi connectivity index (χ4v) is 3.20. The molecule has 0 radical (unpaired) electrons. The van der Waals surface area contributed by atoms with Gasteiger partial charge in [0.2, 0.25) is 10.0 Å². The number of aliphatic hydroxyl groups is 1. The molecule has 8 heteroatoms. The van der Waals surface area contributed by atoms with Crippen LogP contribution in [0.2, 0.25) is 0 Å². The number of nitrogens with one attached hydrogen (secondary N) is 1. The maximum absolute atomic E-state index is 12.0. The summed E-state index contributed by atoms with van der Waals surface area (Å²) >= 11 is 0. The number of hydrogen-bond acceptors (Lipinski definition) is 5. The van der Waals surface area contributed by atoms with Gasteiger partial charge < -0.3 is 14.9 Å². The van der Waals surface area contributed by atoms with Gasteiger partial charge >= 0.3 is 5.97 Å². The molecule has 0 saturated heterocycles. The Balaban J connectivity index is 2.72. The lowest BCUT2D eigenvalue weighted by molar-refractivity contribution is 0.0697. The van der Waals surface area contributed by atoms with Crippen molar-refractivity contribution in [3.05, 3.63) is 35.4 Å². The van der Waals surface area contributed by atoms with Crippen molar-refractivity contribution in [2.24, 2.45) is 0 Å². The second-order valence-corrected chi connectivity index (χ2v) is 6.30. The van der Waals surface area contributed by atoms with Gasteiger partial charge in [0.1, 0.15) is 0 Å². The summed E-state index contributed by atoms with van der Waals surface area (Å²) in [6.07, 6.45) is 0.255. The third-order valence-corrected chi connectivity index (χ3v) is 4.16. The van der Waals surface area contributed by atoms with Crippen LogP contribution in [0.15, 0.2) is 24.3 Å². The van der Waals surface area contributed by atoms with E-state index in [-0.39, 0.29) is 31.0 Å². The molecule has 0 aliphatic carbocycles. The van der Waals surface area contributed by atoms with Crippen LogP contribution in [-0.2, 0) is 20.5 Å². The van der Waals surface area contributed by atoms with E-state index in [1.165, 1.54) is 31.4 Å². The predicted octanol–water partition coefficient (Wildman–Crippen LogP) is 0.202. The molecule has 0 heterocycles. The predicted molar refractivity (Wildman–Crippen MR) is 76.5 cm³/mol. The molecular formula is C13H19NO6S. The van der Waals surface area contributed by atoms with Gasteiger partial charge in [-0.2, -0.15) is 0 Å². The van der Waals surface area contributed by atoms with Crippen LogP contribution in [-0.4, -0.2) is 51.0 Å². The van der Waals surface area contributed by atoms with Gasteiger partial charge in [0.05, 0.1) is 17.9 Å². The molecule has 7 nitrogen and oxygen atoms in total. The number of carbonyl (C=O) groups is 1. The van der Waals surface area contributed by atoms with Crippen LogP contribution in [0.5, 0.6) is 0 Å². The number of methoxy groups -OCH3 is 1. The molecule has 0 spiro atoms. The van der Waals surface area contributed by atoms with Crippen molar-refractivity contribution in [2.75, 3.05) is 20.3 Å². The van der Waals surface area contributed by atoms with Gasteiger partial charge in [-0.25, -0.2) is 17.9 Å². The van der Waals surface area contributed by atoms with Gasteiger partial charge in [0, 0.05) is 19.8 Å². The molecular weight excluding hydrogens is 298 g/mol. The van der Waals surface area contributed by atoms with Gasteiger partial charge in [-0.05, 0) is 24.1 Å². The van der Waals surface area contributed by atoms with E-state index in [9.17, 15) is 13.2 Å². The van der Waals surface area contributed by atoms with E-state index in [0.717, 1.165) is 0 Å². The van der Waals surface area contributed by atoms with Crippen molar-refractivity contribution in [3.63, 3.8) is 0 Å².